The fourth-order valence-electron chi connectivity index (χ4n) is 3.87. The van der Waals surface area contributed by atoms with Crippen molar-refractivity contribution in [1.29, 1.82) is 0 Å². The molecule has 0 spiro atoms. The maximum atomic E-state index is 13.3. The van der Waals surface area contributed by atoms with Crippen molar-refractivity contribution >= 4 is 50.3 Å². The molecule has 3 aromatic carbocycles. The minimum absolute atomic E-state index is 0.00151. The molecule has 4 aromatic rings. The van der Waals surface area contributed by atoms with Gasteiger partial charge in [0.2, 0.25) is 0 Å². The van der Waals surface area contributed by atoms with E-state index in [0.29, 0.717) is 51.8 Å². The predicted octanol–water partition coefficient (Wildman–Crippen LogP) is 6.92. The summed E-state index contributed by atoms with van der Waals surface area (Å²) in [7, 11) is 0. The van der Waals surface area contributed by atoms with Gasteiger partial charge in [0, 0.05) is 23.0 Å². The Balaban J connectivity index is 1.65. The normalized spacial score (nSPS) is 11.3. The van der Waals surface area contributed by atoms with Crippen LogP contribution in [0.25, 0.3) is 10.9 Å². The predicted molar refractivity (Wildman–Crippen MR) is 155 cm³/mol. The Bertz CT molecular complexity index is 1590. The molecule has 0 bridgehead atoms. The fraction of sp³-hybridized carbons (Fsp3) is 0.250. The van der Waals surface area contributed by atoms with Crippen LogP contribution in [0.15, 0.2) is 69.0 Å². The van der Waals surface area contributed by atoms with E-state index in [2.05, 4.69) is 28.0 Å². The van der Waals surface area contributed by atoms with Crippen LogP contribution in [-0.2, 0) is 13.0 Å². The van der Waals surface area contributed by atoms with Gasteiger partial charge < -0.3 is 9.47 Å². The molecule has 0 N–H and O–H groups in total. The lowest BCUT2D eigenvalue weighted by molar-refractivity contribution is -0.384. The number of aryl methyl sites for hydroxylation is 1. The standard InChI is InChI=1S/C28H26BrClN4O5/c1-3-5-6-26-32-24-12-9-20(29)15-22(24)28(35)33(26)31-16-19-13-23(30)27(25(14-19)38-4-2)39-17-18-7-10-21(11-8-18)34(36)37/h7-16H,3-6,17H2,1-2H3. The molecule has 0 unspecified atom stereocenters. The Morgan fingerprint density at radius 1 is 1.13 bits per heavy atom. The smallest absolute Gasteiger partial charge is 0.282 e. The number of nitrogens with zero attached hydrogens (tertiary/aromatic N) is 4. The number of nitro benzene ring substituents is 1. The van der Waals surface area contributed by atoms with Crippen molar-refractivity contribution in [2.24, 2.45) is 5.10 Å². The van der Waals surface area contributed by atoms with Crippen LogP contribution in [-0.4, -0.2) is 27.4 Å². The van der Waals surface area contributed by atoms with E-state index in [9.17, 15) is 14.9 Å². The lowest BCUT2D eigenvalue weighted by atomic mass is 10.2. The van der Waals surface area contributed by atoms with Crippen LogP contribution in [0.5, 0.6) is 11.5 Å². The van der Waals surface area contributed by atoms with E-state index in [-0.39, 0.29) is 17.9 Å². The molecule has 39 heavy (non-hydrogen) atoms. The van der Waals surface area contributed by atoms with Crippen LogP contribution in [0.2, 0.25) is 5.02 Å². The van der Waals surface area contributed by atoms with Gasteiger partial charge in [-0.15, -0.1) is 0 Å². The zero-order chi connectivity index (χ0) is 27.9. The van der Waals surface area contributed by atoms with Gasteiger partial charge in [0.1, 0.15) is 12.4 Å². The fourth-order valence-corrected chi connectivity index (χ4v) is 4.50. The van der Waals surface area contributed by atoms with Gasteiger partial charge in [0.15, 0.2) is 11.5 Å². The van der Waals surface area contributed by atoms with Gasteiger partial charge in [0.05, 0.1) is 33.7 Å². The molecule has 0 amide bonds. The first-order chi connectivity index (χ1) is 18.8. The van der Waals surface area contributed by atoms with E-state index in [0.717, 1.165) is 22.9 Å². The Morgan fingerprint density at radius 2 is 1.90 bits per heavy atom. The number of fused-ring (bicyclic) bond motifs is 1. The molecule has 1 heterocycles. The molecule has 0 aliphatic rings. The third kappa shape index (κ3) is 6.82. The largest absolute Gasteiger partial charge is 0.490 e. The number of nitro groups is 1. The summed E-state index contributed by atoms with van der Waals surface area (Å²) in [5, 5.41) is 16.1. The number of unbranched alkanes of at least 4 members (excludes halogenated alkanes) is 1. The Morgan fingerprint density at radius 3 is 2.59 bits per heavy atom. The number of aromatic nitrogens is 2. The molecule has 4 rings (SSSR count). The van der Waals surface area contributed by atoms with Crippen LogP contribution in [0, 0.1) is 10.1 Å². The average Bonchev–Trinajstić information content (AvgIpc) is 2.92. The summed E-state index contributed by atoms with van der Waals surface area (Å²) in [6.07, 6.45) is 3.96. The summed E-state index contributed by atoms with van der Waals surface area (Å²) in [4.78, 5) is 28.5. The van der Waals surface area contributed by atoms with Crippen molar-refractivity contribution in [3.8, 4) is 11.5 Å². The molecule has 1 aromatic heterocycles. The van der Waals surface area contributed by atoms with Crippen molar-refractivity contribution in [3.05, 3.63) is 102 Å². The summed E-state index contributed by atoms with van der Waals surface area (Å²) in [6.45, 7) is 4.42. The molecule has 0 radical (unpaired) electrons. The van der Waals surface area contributed by atoms with Crippen molar-refractivity contribution in [3.63, 3.8) is 0 Å². The zero-order valence-corrected chi connectivity index (χ0v) is 23.7. The Labute approximate surface area is 238 Å². The summed E-state index contributed by atoms with van der Waals surface area (Å²) >= 11 is 9.99. The van der Waals surface area contributed by atoms with Crippen molar-refractivity contribution in [2.45, 2.75) is 39.7 Å². The molecule has 0 aliphatic heterocycles. The van der Waals surface area contributed by atoms with Gasteiger partial charge in [-0.3, -0.25) is 14.9 Å². The summed E-state index contributed by atoms with van der Waals surface area (Å²) in [6, 6.07) is 14.9. The van der Waals surface area contributed by atoms with Crippen LogP contribution < -0.4 is 15.0 Å². The second-order valence-electron chi connectivity index (χ2n) is 8.63. The number of rotatable bonds is 11. The van der Waals surface area contributed by atoms with Crippen molar-refractivity contribution in [2.75, 3.05) is 6.61 Å². The second-order valence-corrected chi connectivity index (χ2v) is 9.95. The molecular weight excluding hydrogens is 588 g/mol. The van der Waals surface area contributed by atoms with Crippen LogP contribution >= 0.6 is 27.5 Å². The molecule has 0 saturated carbocycles. The first-order valence-electron chi connectivity index (χ1n) is 12.4. The van der Waals surface area contributed by atoms with E-state index in [1.807, 2.05) is 19.1 Å². The second kappa shape index (κ2) is 12.9. The highest BCUT2D eigenvalue weighted by Gasteiger charge is 2.15. The van der Waals surface area contributed by atoms with Crippen LogP contribution in [0.1, 0.15) is 43.6 Å². The molecule has 11 heteroatoms. The summed E-state index contributed by atoms with van der Waals surface area (Å²) < 4.78 is 13.8. The zero-order valence-electron chi connectivity index (χ0n) is 21.4. The molecular formula is C28H26BrClN4O5. The number of benzene rings is 3. The summed E-state index contributed by atoms with van der Waals surface area (Å²) in [5.41, 5.74) is 1.70. The first-order valence-corrected chi connectivity index (χ1v) is 13.6. The molecule has 202 valence electrons. The van der Waals surface area contributed by atoms with Gasteiger partial charge in [-0.05, 0) is 66.9 Å². The van der Waals surface area contributed by atoms with E-state index in [4.69, 9.17) is 26.1 Å². The van der Waals surface area contributed by atoms with Gasteiger partial charge in [0.25, 0.3) is 11.2 Å². The number of halogens is 2. The molecule has 9 nitrogen and oxygen atoms in total. The SMILES string of the molecule is CCCCc1nc2ccc(Br)cc2c(=O)n1N=Cc1cc(Cl)c(OCc2ccc([N+](=O)[O-])cc2)c(OCC)c1. The molecule has 0 saturated heterocycles. The quantitative estimate of drug-likeness (QED) is 0.103. The van der Waals surface area contributed by atoms with Crippen LogP contribution in [0.4, 0.5) is 5.69 Å². The molecule has 0 fully saturated rings. The average molecular weight is 614 g/mol. The number of hydrogen-bond donors (Lipinski definition) is 0. The highest BCUT2D eigenvalue weighted by molar-refractivity contribution is 9.10. The Kier molecular flexibility index (Phi) is 9.32. The lowest BCUT2D eigenvalue weighted by Gasteiger charge is -2.14. The van der Waals surface area contributed by atoms with Gasteiger partial charge in [-0.25, -0.2) is 4.98 Å². The minimum atomic E-state index is -0.456. The summed E-state index contributed by atoms with van der Waals surface area (Å²) in [5.74, 6) is 1.33. The lowest BCUT2D eigenvalue weighted by Crippen LogP contribution is -2.22. The van der Waals surface area contributed by atoms with E-state index in [1.165, 1.54) is 23.0 Å². The maximum Gasteiger partial charge on any atom is 0.282 e. The van der Waals surface area contributed by atoms with E-state index in [1.54, 1.807) is 30.3 Å². The number of hydrogen-bond acceptors (Lipinski definition) is 7. The van der Waals surface area contributed by atoms with Gasteiger partial charge >= 0.3 is 0 Å². The van der Waals surface area contributed by atoms with Gasteiger partial charge in [-0.1, -0.05) is 40.9 Å². The van der Waals surface area contributed by atoms with E-state index >= 15 is 0 Å². The van der Waals surface area contributed by atoms with E-state index < -0.39 is 4.92 Å². The highest BCUT2D eigenvalue weighted by atomic mass is 79.9. The van der Waals surface area contributed by atoms with Crippen molar-refractivity contribution < 1.29 is 14.4 Å². The molecule has 0 aliphatic carbocycles. The minimum Gasteiger partial charge on any atom is -0.490 e. The number of ether oxygens (including phenoxy) is 2. The maximum absolute atomic E-state index is 13.3. The third-order valence-corrected chi connectivity index (χ3v) is 6.59. The van der Waals surface area contributed by atoms with Crippen LogP contribution in [0.3, 0.4) is 0 Å². The van der Waals surface area contributed by atoms with Crippen molar-refractivity contribution in [1.82, 2.24) is 9.66 Å². The highest BCUT2D eigenvalue weighted by Crippen LogP contribution is 2.37. The molecule has 0 atom stereocenters. The Hall–Kier alpha value is -3.76. The monoisotopic (exact) mass is 612 g/mol. The topological polar surface area (TPSA) is 109 Å². The first kappa shape index (κ1) is 28.3. The number of non-ortho nitro benzene ring substituents is 1. The third-order valence-electron chi connectivity index (χ3n) is 5.81. The van der Waals surface area contributed by atoms with Gasteiger partial charge in [-0.2, -0.15) is 9.78 Å².